The van der Waals surface area contributed by atoms with E-state index in [-0.39, 0.29) is 11.7 Å². The van der Waals surface area contributed by atoms with Crippen LogP contribution in [0.5, 0.6) is 0 Å². The predicted molar refractivity (Wildman–Crippen MR) is 70.7 cm³/mol. The molecule has 0 aliphatic rings. The fraction of sp³-hybridized carbons (Fsp3) is 0.538. The Kier molecular flexibility index (Phi) is 4.81. The molecule has 0 bridgehead atoms. The Morgan fingerprint density at radius 2 is 2.05 bits per heavy atom. The van der Waals surface area contributed by atoms with Crippen molar-refractivity contribution in [3.05, 3.63) is 16.8 Å². The average molecular weight is 262 g/mol. The molecule has 0 saturated heterocycles. The Balaban J connectivity index is 3.07. The third kappa shape index (κ3) is 3.65. The standard InChI is InChI=1S/C13H18N4O2/c1-7(2)5-11(13(18)19)15-12-10(6-14)8(3)9(4)16-17-12/h7,11H,5H2,1-4H3,(H,15,17)(H,18,19). The van der Waals surface area contributed by atoms with Gasteiger partial charge in [-0.1, -0.05) is 13.8 Å². The first-order valence-electron chi connectivity index (χ1n) is 6.10. The number of hydrogen-bond acceptors (Lipinski definition) is 5. The summed E-state index contributed by atoms with van der Waals surface area (Å²) in [6.07, 6.45) is 0.453. The summed E-state index contributed by atoms with van der Waals surface area (Å²) in [6, 6.07) is 1.27. The molecule has 1 rings (SSSR count). The number of anilines is 1. The Bertz CT molecular complexity index is 520. The van der Waals surface area contributed by atoms with E-state index in [1.54, 1.807) is 13.8 Å². The first-order valence-corrected chi connectivity index (χ1v) is 6.10. The van der Waals surface area contributed by atoms with Crippen molar-refractivity contribution in [3.63, 3.8) is 0 Å². The highest BCUT2D eigenvalue weighted by molar-refractivity contribution is 5.77. The van der Waals surface area contributed by atoms with Crippen LogP contribution in [0.15, 0.2) is 0 Å². The monoisotopic (exact) mass is 262 g/mol. The molecule has 0 amide bonds. The van der Waals surface area contributed by atoms with Crippen molar-refractivity contribution >= 4 is 11.8 Å². The minimum absolute atomic E-state index is 0.221. The molecule has 1 atom stereocenters. The number of carboxylic acid groups (broad SMARTS) is 1. The van der Waals surface area contributed by atoms with Crippen LogP contribution >= 0.6 is 0 Å². The number of carbonyl (C=O) groups is 1. The van der Waals surface area contributed by atoms with Crippen LogP contribution in [-0.4, -0.2) is 27.3 Å². The molecular weight excluding hydrogens is 244 g/mol. The quantitative estimate of drug-likeness (QED) is 0.840. The molecule has 1 unspecified atom stereocenters. The maximum atomic E-state index is 11.2. The van der Waals surface area contributed by atoms with Crippen molar-refractivity contribution in [2.75, 3.05) is 5.32 Å². The van der Waals surface area contributed by atoms with Gasteiger partial charge in [-0.05, 0) is 31.7 Å². The summed E-state index contributed by atoms with van der Waals surface area (Å²) < 4.78 is 0. The van der Waals surface area contributed by atoms with E-state index in [9.17, 15) is 9.90 Å². The highest BCUT2D eigenvalue weighted by atomic mass is 16.4. The van der Waals surface area contributed by atoms with Crippen LogP contribution in [0.3, 0.4) is 0 Å². The lowest BCUT2D eigenvalue weighted by atomic mass is 10.0. The van der Waals surface area contributed by atoms with Gasteiger partial charge in [0.2, 0.25) is 0 Å². The van der Waals surface area contributed by atoms with Gasteiger partial charge in [0, 0.05) is 0 Å². The Morgan fingerprint density at radius 1 is 1.42 bits per heavy atom. The molecule has 1 aromatic rings. The van der Waals surface area contributed by atoms with Gasteiger partial charge in [0.25, 0.3) is 0 Å². The molecule has 1 aromatic heterocycles. The van der Waals surface area contributed by atoms with Gasteiger partial charge in [-0.3, -0.25) is 0 Å². The van der Waals surface area contributed by atoms with E-state index >= 15 is 0 Å². The van der Waals surface area contributed by atoms with E-state index in [2.05, 4.69) is 15.5 Å². The van der Waals surface area contributed by atoms with Crippen LogP contribution in [0.25, 0.3) is 0 Å². The van der Waals surface area contributed by atoms with E-state index in [1.807, 2.05) is 19.9 Å². The number of hydrogen-bond donors (Lipinski definition) is 2. The van der Waals surface area contributed by atoms with Crippen LogP contribution in [0, 0.1) is 31.1 Å². The number of aromatic nitrogens is 2. The molecule has 0 saturated carbocycles. The summed E-state index contributed by atoms with van der Waals surface area (Å²) in [5.41, 5.74) is 1.73. The fourth-order valence-corrected chi connectivity index (χ4v) is 1.70. The lowest BCUT2D eigenvalue weighted by Gasteiger charge is -2.18. The Labute approximate surface area is 112 Å². The van der Waals surface area contributed by atoms with Gasteiger partial charge in [-0.25, -0.2) is 4.79 Å². The van der Waals surface area contributed by atoms with Gasteiger partial charge in [0.15, 0.2) is 5.82 Å². The van der Waals surface area contributed by atoms with Gasteiger partial charge >= 0.3 is 5.97 Å². The first kappa shape index (κ1) is 14.9. The highest BCUT2D eigenvalue weighted by Gasteiger charge is 2.21. The predicted octanol–water partition coefficient (Wildman–Crippen LogP) is 1.88. The van der Waals surface area contributed by atoms with Crippen molar-refractivity contribution < 1.29 is 9.90 Å². The van der Waals surface area contributed by atoms with Gasteiger partial charge in [-0.2, -0.15) is 10.4 Å². The van der Waals surface area contributed by atoms with E-state index in [0.29, 0.717) is 23.2 Å². The van der Waals surface area contributed by atoms with E-state index in [1.165, 1.54) is 0 Å². The molecule has 6 heteroatoms. The van der Waals surface area contributed by atoms with Crippen LogP contribution in [0.2, 0.25) is 0 Å². The number of aliphatic carboxylic acids is 1. The third-order valence-electron chi connectivity index (χ3n) is 2.88. The summed E-state index contributed by atoms with van der Waals surface area (Å²) >= 11 is 0. The summed E-state index contributed by atoms with van der Waals surface area (Å²) in [6.45, 7) is 7.41. The lowest BCUT2D eigenvalue weighted by molar-refractivity contribution is -0.138. The molecule has 19 heavy (non-hydrogen) atoms. The largest absolute Gasteiger partial charge is 0.480 e. The molecule has 6 nitrogen and oxygen atoms in total. The van der Waals surface area contributed by atoms with Crippen LogP contribution < -0.4 is 5.32 Å². The van der Waals surface area contributed by atoms with Gasteiger partial charge in [-0.15, -0.1) is 5.10 Å². The zero-order valence-corrected chi connectivity index (χ0v) is 11.6. The van der Waals surface area contributed by atoms with Crippen molar-refractivity contribution in [1.82, 2.24) is 10.2 Å². The molecular formula is C13H18N4O2. The van der Waals surface area contributed by atoms with Crippen molar-refractivity contribution in [2.24, 2.45) is 5.92 Å². The third-order valence-corrected chi connectivity index (χ3v) is 2.88. The highest BCUT2D eigenvalue weighted by Crippen LogP contribution is 2.19. The Morgan fingerprint density at radius 3 is 2.53 bits per heavy atom. The maximum Gasteiger partial charge on any atom is 0.326 e. The second-order valence-corrected chi connectivity index (χ2v) is 4.91. The zero-order valence-electron chi connectivity index (χ0n) is 11.6. The number of nitriles is 1. The summed E-state index contributed by atoms with van der Waals surface area (Å²) in [5, 5.41) is 28.9. The molecule has 0 radical (unpaired) electrons. The van der Waals surface area contributed by atoms with Gasteiger partial charge in [0.1, 0.15) is 17.7 Å². The topological polar surface area (TPSA) is 98.9 Å². The Hall–Kier alpha value is -2.16. The SMILES string of the molecule is Cc1nnc(NC(CC(C)C)C(=O)O)c(C#N)c1C. The molecule has 0 aliphatic heterocycles. The lowest BCUT2D eigenvalue weighted by Crippen LogP contribution is -2.31. The van der Waals surface area contributed by atoms with Crippen LogP contribution in [0.1, 0.15) is 37.1 Å². The zero-order chi connectivity index (χ0) is 14.6. The van der Waals surface area contributed by atoms with E-state index in [4.69, 9.17) is 5.26 Å². The fourth-order valence-electron chi connectivity index (χ4n) is 1.70. The van der Waals surface area contributed by atoms with Crippen molar-refractivity contribution in [3.8, 4) is 6.07 Å². The molecule has 102 valence electrons. The smallest absolute Gasteiger partial charge is 0.326 e. The van der Waals surface area contributed by atoms with Crippen LogP contribution in [-0.2, 0) is 4.79 Å². The molecule has 0 aromatic carbocycles. The molecule has 2 N–H and O–H groups in total. The minimum atomic E-state index is -0.961. The van der Waals surface area contributed by atoms with Crippen LogP contribution in [0.4, 0.5) is 5.82 Å². The second kappa shape index (κ2) is 6.14. The first-order chi connectivity index (χ1) is 8.86. The van der Waals surface area contributed by atoms with Crippen molar-refractivity contribution in [2.45, 2.75) is 40.2 Å². The molecule has 0 spiro atoms. The number of aryl methyl sites for hydroxylation is 1. The number of rotatable bonds is 5. The van der Waals surface area contributed by atoms with E-state index < -0.39 is 12.0 Å². The average Bonchev–Trinajstić information content (AvgIpc) is 2.32. The number of carboxylic acids is 1. The van der Waals surface area contributed by atoms with Crippen molar-refractivity contribution in [1.29, 1.82) is 5.26 Å². The van der Waals surface area contributed by atoms with Gasteiger partial charge < -0.3 is 10.4 Å². The minimum Gasteiger partial charge on any atom is -0.480 e. The summed E-state index contributed by atoms with van der Waals surface area (Å²) in [4.78, 5) is 11.2. The number of nitrogens with zero attached hydrogens (tertiary/aromatic N) is 3. The molecule has 0 fully saturated rings. The normalized spacial score (nSPS) is 12.0. The summed E-state index contributed by atoms with van der Waals surface area (Å²) in [7, 11) is 0. The molecule has 0 aliphatic carbocycles. The van der Waals surface area contributed by atoms with E-state index in [0.717, 1.165) is 0 Å². The van der Waals surface area contributed by atoms with Gasteiger partial charge in [0.05, 0.1) is 5.69 Å². The maximum absolute atomic E-state index is 11.2. The number of nitrogens with one attached hydrogen (secondary N) is 1. The molecule has 1 heterocycles. The summed E-state index contributed by atoms with van der Waals surface area (Å²) in [5.74, 6) is -0.505. The second-order valence-electron chi connectivity index (χ2n) is 4.91.